The largest absolute Gasteiger partial charge is 0.456 e. The predicted molar refractivity (Wildman–Crippen MR) is 101 cm³/mol. The van der Waals surface area contributed by atoms with E-state index in [1.807, 2.05) is 26.0 Å². The Labute approximate surface area is 151 Å². The maximum atomic E-state index is 12.3. The number of rotatable bonds is 5. The summed E-state index contributed by atoms with van der Waals surface area (Å²) >= 11 is 0. The Morgan fingerprint density at radius 3 is 2.54 bits per heavy atom. The van der Waals surface area contributed by atoms with Crippen molar-refractivity contribution in [1.29, 1.82) is 0 Å². The fourth-order valence-corrected chi connectivity index (χ4v) is 2.74. The fraction of sp³-hybridized carbons (Fsp3) is 0.238. The number of hydrogen-bond acceptors (Lipinski definition) is 4. The Morgan fingerprint density at radius 1 is 1.15 bits per heavy atom. The third kappa shape index (κ3) is 3.68. The van der Waals surface area contributed by atoms with Crippen LogP contribution in [0, 0.1) is 6.92 Å². The van der Waals surface area contributed by atoms with Crippen molar-refractivity contribution in [2.75, 3.05) is 6.61 Å². The Bertz CT molecular complexity index is 985. The number of fused-ring (bicyclic) bond motifs is 1. The van der Waals surface area contributed by atoms with Crippen molar-refractivity contribution in [3.8, 4) is 11.3 Å². The van der Waals surface area contributed by atoms with E-state index in [0.29, 0.717) is 28.7 Å². The van der Waals surface area contributed by atoms with Gasteiger partial charge in [-0.25, -0.2) is 0 Å². The minimum Gasteiger partial charge on any atom is -0.456 e. The van der Waals surface area contributed by atoms with Crippen LogP contribution in [0.3, 0.4) is 0 Å². The smallest absolute Gasteiger partial charge is 0.251 e. The lowest BCUT2D eigenvalue weighted by Gasteiger charge is -2.14. The third-order valence-corrected chi connectivity index (χ3v) is 4.36. The first kappa shape index (κ1) is 17.9. The number of benzene rings is 2. The van der Waals surface area contributed by atoms with Crippen molar-refractivity contribution in [3.05, 3.63) is 69.9 Å². The summed E-state index contributed by atoms with van der Waals surface area (Å²) in [6.45, 7) is 3.73. The van der Waals surface area contributed by atoms with E-state index in [9.17, 15) is 14.7 Å². The Hall–Kier alpha value is -2.92. The predicted octanol–water partition coefficient (Wildman–Crippen LogP) is 3.27. The van der Waals surface area contributed by atoms with Gasteiger partial charge < -0.3 is 14.8 Å². The highest BCUT2D eigenvalue weighted by molar-refractivity contribution is 5.94. The summed E-state index contributed by atoms with van der Waals surface area (Å²) in [5.74, 6) is 0.216. The van der Waals surface area contributed by atoms with Gasteiger partial charge in [0.1, 0.15) is 11.3 Å². The van der Waals surface area contributed by atoms with E-state index < -0.39 is 0 Å². The van der Waals surface area contributed by atoms with Gasteiger partial charge in [0.2, 0.25) is 0 Å². The topological polar surface area (TPSA) is 79.5 Å². The first-order chi connectivity index (χ1) is 12.5. The number of aryl methyl sites for hydroxylation is 1. The molecule has 3 aromatic rings. The molecule has 3 rings (SSSR count). The fourth-order valence-electron chi connectivity index (χ4n) is 2.74. The van der Waals surface area contributed by atoms with Crippen LogP contribution in [0.5, 0.6) is 0 Å². The Balaban J connectivity index is 1.89. The van der Waals surface area contributed by atoms with Gasteiger partial charge in [0.15, 0.2) is 5.43 Å². The monoisotopic (exact) mass is 351 g/mol. The highest BCUT2D eigenvalue weighted by Crippen LogP contribution is 2.23. The zero-order valence-corrected chi connectivity index (χ0v) is 14.8. The number of carbonyl (C=O) groups excluding carboxylic acids is 1. The highest BCUT2D eigenvalue weighted by Gasteiger charge is 2.12. The molecule has 134 valence electrons. The van der Waals surface area contributed by atoms with Crippen molar-refractivity contribution in [2.45, 2.75) is 26.3 Å². The maximum absolute atomic E-state index is 12.3. The summed E-state index contributed by atoms with van der Waals surface area (Å²) in [6.07, 6.45) is 0.655. The Morgan fingerprint density at radius 2 is 1.88 bits per heavy atom. The van der Waals surface area contributed by atoms with Gasteiger partial charge in [-0.3, -0.25) is 9.59 Å². The molecule has 0 saturated carbocycles. The summed E-state index contributed by atoms with van der Waals surface area (Å²) in [5.41, 5.74) is 2.64. The van der Waals surface area contributed by atoms with Crippen LogP contribution in [0.25, 0.3) is 22.3 Å². The zero-order valence-electron chi connectivity index (χ0n) is 14.8. The van der Waals surface area contributed by atoms with Gasteiger partial charge in [-0.2, -0.15) is 0 Å². The number of amides is 1. The molecule has 1 heterocycles. The second-order valence-electron chi connectivity index (χ2n) is 6.31. The summed E-state index contributed by atoms with van der Waals surface area (Å²) in [7, 11) is 0. The minimum absolute atomic E-state index is 0.0952. The molecule has 0 radical (unpaired) electrons. The first-order valence-electron chi connectivity index (χ1n) is 8.58. The molecule has 0 aliphatic carbocycles. The van der Waals surface area contributed by atoms with Gasteiger partial charge in [-0.1, -0.05) is 30.7 Å². The number of aliphatic hydroxyl groups is 1. The zero-order chi connectivity index (χ0) is 18.7. The van der Waals surface area contributed by atoms with Gasteiger partial charge in [0, 0.05) is 17.2 Å². The van der Waals surface area contributed by atoms with Gasteiger partial charge in [-0.15, -0.1) is 0 Å². The van der Waals surface area contributed by atoms with Gasteiger partial charge in [-0.05, 0) is 37.6 Å². The van der Waals surface area contributed by atoms with Crippen LogP contribution in [0.2, 0.25) is 0 Å². The van der Waals surface area contributed by atoms with Gasteiger partial charge >= 0.3 is 0 Å². The van der Waals surface area contributed by atoms with Crippen LogP contribution in [0.1, 0.15) is 29.3 Å². The lowest BCUT2D eigenvalue weighted by atomic mass is 10.1. The van der Waals surface area contributed by atoms with E-state index in [4.69, 9.17) is 4.42 Å². The molecule has 0 aliphatic rings. The van der Waals surface area contributed by atoms with Crippen LogP contribution in [0.4, 0.5) is 0 Å². The standard InChI is InChI=1S/C21H21NO4/c1-3-16(12-23)22-21(25)15-7-5-14(6-8-15)20-11-18(24)17-10-13(2)4-9-19(17)26-20/h4-11,16,23H,3,12H2,1-2H3,(H,22,25). The van der Waals surface area contributed by atoms with Gasteiger partial charge in [0.05, 0.1) is 18.0 Å². The molecule has 0 bridgehead atoms. The van der Waals surface area contributed by atoms with Crippen molar-refractivity contribution in [2.24, 2.45) is 0 Å². The van der Waals surface area contributed by atoms with Crippen LogP contribution < -0.4 is 10.7 Å². The maximum Gasteiger partial charge on any atom is 0.251 e. The molecule has 1 atom stereocenters. The van der Waals surface area contributed by atoms with Crippen LogP contribution in [-0.4, -0.2) is 23.7 Å². The van der Waals surface area contributed by atoms with Crippen molar-refractivity contribution >= 4 is 16.9 Å². The quantitative estimate of drug-likeness (QED) is 0.739. The van der Waals surface area contributed by atoms with E-state index >= 15 is 0 Å². The van der Waals surface area contributed by atoms with Crippen molar-refractivity contribution in [3.63, 3.8) is 0 Å². The third-order valence-electron chi connectivity index (χ3n) is 4.36. The van der Waals surface area contributed by atoms with Crippen molar-refractivity contribution in [1.82, 2.24) is 5.32 Å². The second kappa shape index (κ2) is 7.54. The highest BCUT2D eigenvalue weighted by atomic mass is 16.3. The number of aliphatic hydroxyl groups excluding tert-OH is 1. The lowest BCUT2D eigenvalue weighted by molar-refractivity contribution is 0.0915. The summed E-state index contributed by atoms with van der Waals surface area (Å²) in [5, 5.41) is 12.5. The second-order valence-corrected chi connectivity index (χ2v) is 6.31. The molecule has 0 fully saturated rings. The van der Waals surface area contributed by atoms with Crippen molar-refractivity contribution < 1.29 is 14.3 Å². The molecular formula is C21H21NO4. The number of carbonyl (C=O) groups is 1. The summed E-state index contributed by atoms with van der Waals surface area (Å²) in [4.78, 5) is 24.5. The average molecular weight is 351 g/mol. The molecule has 1 amide bonds. The van der Waals surface area contributed by atoms with E-state index in [-0.39, 0.29) is 24.0 Å². The molecule has 5 heteroatoms. The molecule has 26 heavy (non-hydrogen) atoms. The average Bonchev–Trinajstić information content (AvgIpc) is 2.66. The van der Waals surface area contributed by atoms with E-state index in [0.717, 1.165) is 11.1 Å². The normalized spacial score (nSPS) is 12.1. The molecule has 1 aromatic heterocycles. The Kier molecular flexibility index (Phi) is 5.19. The van der Waals surface area contributed by atoms with Crippen LogP contribution in [-0.2, 0) is 0 Å². The van der Waals surface area contributed by atoms with Crippen LogP contribution in [0.15, 0.2) is 57.7 Å². The SMILES string of the molecule is CCC(CO)NC(=O)c1ccc(-c2cc(=O)c3cc(C)ccc3o2)cc1. The van der Waals surface area contributed by atoms with Crippen LogP contribution >= 0.6 is 0 Å². The molecule has 2 aromatic carbocycles. The molecular weight excluding hydrogens is 330 g/mol. The molecule has 5 nitrogen and oxygen atoms in total. The molecule has 2 N–H and O–H groups in total. The summed E-state index contributed by atoms with van der Waals surface area (Å²) < 4.78 is 5.85. The molecule has 1 unspecified atom stereocenters. The summed E-state index contributed by atoms with van der Waals surface area (Å²) in [6, 6.07) is 13.5. The number of hydrogen-bond donors (Lipinski definition) is 2. The number of nitrogens with one attached hydrogen (secondary N) is 1. The first-order valence-corrected chi connectivity index (χ1v) is 8.58. The molecule has 0 aliphatic heterocycles. The minimum atomic E-state index is -0.260. The van der Waals surface area contributed by atoms with E-state index in [2.05, 4.69) is 5.32 Å². The van der Waals surface area contributed by atoms with E-state index in [1.54, 1.807) is 30.3 Å². The van der Waals surface area contributed by atoms with E-state index in [1.165, 1.54) is 6.07 Å². The molecule has 0 saturated heterocycles. The van der Waals surface area contributed by atoms with Gasteiger partial charge in [0.25, 0.3) is 5.91 Å². The molecule has 0 spiro atoms. The lowest BCUT2D eigenvalue weighted by Crippen LogP contribution is -2.36.